The van der Waals surface area contributed by atoms with Crippen LogP contribution in [0.5, 0.6) is 5.75 Å². The topological polar surface area (TPSA) is 81.1 Å². The van der Waals surface area contributed by atoms with Crippen molar-refractivity contribution in [2.75, 3.05) is 26.2 Å². The molecule has 3 rings (SSSR count). The van der Waals surface area contributed by atoms with Gasteiger partial charge in [-0.2, -0.15) is 0 Å². The van der Waals surface area contributed by atoms with Crippen LogP contribution in [0.3, 0.4) is 0 Å². The highest BCUT2D eigenvalue weighted by molar-refractivity contribution is 5.97. The number of nitrogens with zero attached hydrogens (tertiary/aromatic N) is 2. The number of likely N-dealkylation sites (tertiary alicyclic amines) is 1. The van der Waals surface area contributed by atoms with Crippen molar-refractivity contribution in [3.63, 3.8) is 0 Å². The molecule has 2 aromatic carbocycles. The highest BCUT2D eigenvalue weighted by Gasteiger charge is 2.28. The van der Waals surface area contributed by atoms with E-state index < -0.39 is 5.97 Å². The molecule has 1 fully saturated rings. The van der Waals surface area contributed by atoms with Gasteiger partial charge in [-0.15, -0.1) is 0 Å². The summed E-state index contributed by atoms with van der Waals surface area (Å²) in [4.78, 5) is 27.7. The van der Waals surface area contributed by atoms with Gasteiger partial charge in [0.05, 0.1) is 12.1 Å². The molecule has 0 radical (unpaired) electrons. The number of aliphatic carboxylic acids is 1. The summed E-state index contributed by atoms with van der Waals surface area (Å²) in [6, 6.07) is 15.4. The number of phenolic OH excluding ortho intramolecular Hbond substituents is 1. The number of piperidine rings is 1. The Labute approximate surface area is 171 Å². The third-order valence-electron chi connectivity index (χ3n) is 5.56. The molecule has 0 atom stereocenters. The number of carboxylic acid groups (broad SMARTS) is 1. The Balaban J connectivity index is 1.66. The average Bonchev–Trinajstić information content (AvgIpc) is 2.73. The second-order valence-electron chi connectivity index (χ2n) is 7.49. The van der Waals surface area contributed by atoms with E-state index in [1.54, 1.807) is 17.0 Å². The number of hydrogen-bond donors (Lipinski definition) is 2. The normalized spacial score (nSPS) is 14.9. The van der Waals surface area contributed by atoms with E-state index in [4.69, 9.17) is 5.11 Å². The van der Waals surface area contributed by atoms with Crippen LogP contribution in [0.25, 0.3) is 0 Å². The van der Waals surface area contributed by atoms with Gasteiger partial charge in [0.15, 0.2) is 0 Å². The minimum Gasteiger partial charge on any atom is -0.507 e. The van der Waals surface area contributed by atoms with Crippen LogP contribution in [0.4, 0.5) is 0 Å². The number of carbonyl (C=O) groups is 2. The number of aromatic hydroxyl groups is 1. The smallest absolute Gasteiger partial charge is 0.317 e. The zero-order valence-corrected chi connectivity index (χ0v) is 16.8. The lowest BCUT2D eigenvalue weighted by Crippen LogP contribution is -2.48. The minimum atomic E-state index is -0.828. The third-order valence-corrected chi connectivity index (χ3v) is 5.56. The van der Waals surface area contributed by atoms with E-state index in [0.717, 1.165) is 24.0 Å². The predicted octanol–water partition coefficient (Wildman–Crippen LogP) is 2.99. The van der Waals surface area contributed by atoms with E-state index in [1.165, 1.54) is 0 Å². The van der Waals surface area contributed by atoms with Crippen LogP contribution in [0, 0.1) is 0 Å². The number of phenols is 1. The molecule has 1 aliphatic rings. The van der Waals surface area contributed by atoms with Crippen LogP contribution in [-0.2, 0) is 11.2 Å². The molecule has 0 saturated carbocycles. The van der Waals surface area contributed by atoms with Crippen molar-refractivity contribution in [2.24, 2.45) is 0 Å². The third kappa shape index (κ3) is 5.35. The fraction of sp³-hybridized carbons (Fsp3) is 0.391. The molecule has 1 saturated heterocycles. The summed E-state index contributed by atoms with van der Waals surface area (Å²) in [6.07, 6.45) is 2.17. The Hall–Kier alpha value is -2.86. The van der Waals surface area contributed by atoms with Crippen molar-refractivity contribution in [1.29, 1.82) is 0 Å². The summed E-state index contributed by atoms with van der Waals surface area (Å²) in [6.45, 7) is 3.77. The van der Waals surface area contributed by atoms with E-state index in [1.807, 2.05) is 48.2 Å². The van der Waals surface area contributed by atoms with Gasteiger partial charge in [-0.25, -0.2) is 0 Å². The van der Waals surface area contributed by atoms with Crippen molar-refractivity contribution in [2.45, 2.75) is 32.2 Å². The lowest BCUT2D eigenvalue weighted by molar-refractivity contribution is -0.139. The molecule has 1 amide bonds. The van der Waals surface area contributed by atoms with Gasteiger partial charge in [-0.05, 0) is 49.1 Å². The van der Waals surface area contributed by atoms with Crippen LogP contribution < -0.4 is 0 Å². The number of rotatable bonds is 7. The number of hydrogen-bond acceptors (Lipinski definition) is 4. The summed E-state index contributed by atoms with van der Waals surface area (Å²) in [5, 5.41) is 19.3. The first-order valence-electron chi connectivity index (χ1n) is 10.1. The number of carbonyl (C=O) groups excluding carboxylic acids is 1. The van der Waals surface area contributed by atoms with Crippen LogP contribution in [0.2, 0.25) is 0 Å². The van der Waals surface area contributed by atoms with Crippen LogP contribution in [0.15, 0.2) is 48.5 Å². The number of benzene rings is 2. The van der Waals surface area contributed by atoms with Gasteiger partial charge in [0.2, 0.25) is 0 Å². The Morgan fingerprint density at radius 1 is 1.07 bits per heavy atom. The van der Waals surface area contributed by atoms with Crippen LogP contribution in [0.1, 0.15) is 41.3 Å². The largest absolute Gasteiger partial charge is 0.507 e. The Morgan fingerprint density at radius 2 is 1.76 bits per heavy atom. The first kappa shape index (κ1) is 20.9. The highest BCUT2D eigenvalue weighted by atomic mass is 16.4. The molecule has 6 heteroatoms. The quantitative estimate of drug-likeness (QED) is 0.752. The molecular formula is C23H28N2O4. The van der Waals surface area contributed by atoms with Gasteiger partial charge in [-0.3, -0.25) is 14.5 Å². The molecule has 1 heterocycles. The lowest BCUT2D eigenvalue weighted by atomic mass is 9.99. The SMILES string of the molecule is CCN(CC(=O)O)C1CCN(C(=O)c2cc(Cc3ccccc3)ccc2O)CC1. The van der Waals surface area contributed by atoms with Crippen molar-refractivity contribution in [1.82, 2.24) is 9.80 Å². The summed E-state index contributed by atoms with van der Waals surface area (Å²) in [5.41, 5.74) is 2.45. The second-order valence-corrected chi connectivity index (χ2v) is 7.49. The fourth-order valence-electron chi connectivity index (χ4n) is 3.97. The monoisotopic (exact) mass is 396 g/mol. The van der Waals surface area contributed by atoms with Crippen LogP contribution >= 0.6 is 0 Å². The number of likely N-dealkylation sites (N-methyl/N-ethyl adjacent to an activating group) is 1. The van der Waals surface area contributed by atoms with Gasteiger partial charge in [0, 0.05) is 19.1 Å². The zero-order chi connectivity index (χ0) is 20.8. The molecule has 6 nitrogen and oxygen atoms in total. The summed E-state index contributed by atoms with van der Waals surface area (Å²) in [7, 11) is 0. The molecule has 154 valence electrons. The van der Waals surface area contributed by atoms with E-state index in [9.17, 15) is 14.7 Å². The first-order valence-corrected chi connectivity index (χ1v) is 10.1. The Kier molecular flexibility index (Phi) is 6.88. The molecule has 1 aliphatic heterocycles. The van der Waals surface area contributed by atoms with E-state index >= 15 is 0 Å². The lowest BCUT2D eigenvalue weighted by Gasteiger charge is -2.37. The predicted molar refractivity (Wildman–Crippen MR) is 111 cm³/mol. The number of amides is 1. The van der Waals surface area contributed by atoms with Crippen molar-refractivity contribution >= 4 is 11.9 Å². The molecule has 2 aromatic rings. The zero-order valence-electron chi connectivity index (χ0n) is 16.8. The van der Waals surface area contributed by atoms with Gasteiger partial charge in [0.1, 0.15) is 5.75 Å². The van der Waals surface area contributed by atoms with E-state index in [0.29, 0.717) is 31.6 Å². The second kappa shape index (κ2) is 9.56. The van der Waals surface area contributed by atoms with Crippen molar-refractivity contribution in [3.8, 4) is 5.75 Å². The Morgan fingerprint density at radius 3 is 2.38 bits per heavy atom. The summed E-state index contributed by atoms with van der Waals surface area (Å²) >= 11 is 0. The molecule has 0 unspecified atom stereocenters. The Bertz CT molecular complexity index is 845. The van der Waals surface area contributed by atoms with Gasteiger partial charge in [0.25, 0.3) is 5.91 Å². The average molecular weight is 396 g/mol. The standard InChI is InChI=1S/C23H28N2O4/c1-2-24(16-22(27)28)19-10-12-25(13-11-19)23(29)20-15-18(8-9-21(20)26)14-17-6-4-3-5-7-17/h3-9,15,19,26H,2,10-14,16H2,1H3,(H,27,28). The van der Waals surface area contributed by atoms with Crippen LogP contribution in [-0.4, -0.2) is 64.1 Å². The van der Waals surface area contributed by atoms with Gasteiger partial charge < -0.3 is 15.1 Å². The van der Waals surface area contributed by atoms with Crippen molar-refractivity contribution < 1.29 is 19.8 Å². The van der Waals surface area contributed by atoms with Gasteiger partial charge in [-0.1, -0.05) is 43.3 Å². The van der Waals surface area contributed by atoms with E-state index in [2.05, 4.69) is 0 Å². The van der Waals surface area contributed by atoms with E-state index in [-0.39, 0.29) is 24.2 Å². The maximum absolute atomic E-state index is 13.0. The maximum Gasteiger partial charge on any atom is 0.317 e. The van der Waals surface area contributed by atoms with Crippen molar-refractivity contribution in [3.05, 3.63) is 65.2 Å². The first-order chi connectivity index (χ1) is 14.0. The molecule has 29 heavy (non-hydrogen) atoms. The molecular weight excluding hydrogens is 368 g/mol. The van der Waals surface area contributed by atoms with Gasteiger partial charge >= 0.3 is 5.97 Å². The molecule has 0 aromatic heterocycles. The minimum absolute atomic E-state index is 0.00463. The summed E-state index contributed by atoms with van der Waals surface area (Å²) < 4.78 is 0. The molecule has 0 spiro atoms. The maximum atomic E-state index is 13.0. The molecule has 2 N–H and O–H groups in total. The number of carboxylic acids is 1. The summed E-state index contributed by atoms with van der Waals surface area (Å²) in [5.74, 6) is -1.00. The highest BCUT2D eigenvalue weighted by Crippen LogP contribution is 2.25. The fourth-order valence-corrected chi connectivity index (χ4v) is 3.97. The molecule has 0 bridgehead atoms. The molecule has 0 aliphatic carbocycles.